The minimum absolute atomic E-state index is 0.322. The number of halogens is 1. The molecule has 3 N–H and O–H groups in total. The molecule has 0 saturated carbocycles. The molecule has 0 aliphatic carbocycles. The van der Waals surface area contributed by atoms with Crippen LogP contribution in [0.4, 0.5) is 10.5 Å². The van der Waals surface area contributed by atoms with E-state index in [0.29, 0.717) is 30.3 Å². The molecule has 1 aromatic rings. The lowest BCUT2D eigenvalue weighted by atomic mass is 10.3. The number of rotatable bonds is 4. The quantitative estimate of drug-likeness (QED) is 0.777. The molecule has 1 amide bonds. The Hall–Kier alpha value is -1.26. The van der Waals surface area contributed by atoms with Crippen molar-refractivity contribution >= 4 is 23.4 Å². The van der Waals surface area contributed by atoms with Gasteiger partial charge in [0.05, 0.1) is 6.61 Å². The lowest BCUT2D eigenvalue weighted by Crippen LogP contribution is -2.15. The molecule has 0 heterocycles. The first-order chi connectivity index (χ1) is 7.22. The molecule has 0 bridgehead atoms. The van der Waals surface area contributed by atoms with E-state index in [1.807, 2.05) is 0 Å². The number of hydrogen-bond donors (Lipinski definition) is 2. The van der Waals surface area contributed by atoms with Crippen LogP contribution in [0.1, 0.15) is 6.42 Å². The monoisotopic (exact) mass is 228 g/mol. The van der Waals surface area contributed by atoms with Gasteiger partial charge in [-0.2, -0.15) is 0 Å². The van der Waals surface area contributed by atoms with Crippen molar-refractivity contribution in [3.63, 3.8) is 0 Å². The molecule has 82 valence electrons. The van der Waals surface area contributed by atoms with Gasteiger partial charge in [-0.1, -0.05) is 17.7 Å². The van der Waals surface area contributed by atoms with E-state index in [2.05, 4.69) is 5.32 Å². The van der Waals surface area contributed by atoms with Crippen molar-refractivity contribution in [3.8, 4) is 0 Å². The van der Waals surface area contributed by atoms with Gasteiger partial charge < -0.3 is 10.5 Å². The summed E-state index contributed by atoms with van der Waals surface area (Å²) in [5.41, 5.74) is 5.87. The molecule has 15 heavy (non-hydrogen) atoms. The standard InChI is InChI=1S/C10H13ClN2O2/c11-8-3-1-4-9(7-8)13-10(14)15-6-2-5-12/h1,3-4,7H,2,5-6,12H2,(H,13,14). The zero-order valence-corrected chi connectivity index (χ0v) is 8.96. The van der Waals surface area contributed by atoms with Crippen LogP contribution < -0.4 is 11.1 Å². The fraction of sp³-hybridized carbons (Fsp3) is 0.300. The van der Waals surface area contributed by atoms with Gasteiger partial charge in [0, 0.05) is 10.7 Å². The van der Waals surface area contributed by atoms with Gasteiger partial charge in [-0.15, -0.1) is 0 Å². The maximum Gasteiger partial charge on any atom is 0.411 e. The van der Waals surface area contributed by atoms with E-state index in [9.17, 15) is 4.79 Å². The van der Waals surface area contributed by atoms with Crippen molar-refractivity contribution in [3.05, 3.63) is 29.3 Å². The number of nitrogens with two attached hydrogens (primary N) is 1. The largest absolute Gasteiger partial charge is 0.449 e. The first-order valence-corrected chi connectivity index (χ1v) is 4.99. The Kier molecular flexibility index (Phi) is 4.93. The van der Waals surface area contributed by atoms with E-state index >= 15 is 0 Å². The highest BCUT2D eigenvalue weighted by Crippen LogP contribution is 2.14. The third-order valence-corrected chi connectivity index (χ3v) is 1.89. The molecular weight excluding hydrogens is 216 g/mol. The second kappa shape index (κ2) is 6.27. The molecule has 0 fully saturated rings. The Bertz CT molecular complexity index is 331. The molecule has 0 aromatic heterocycles. The molecule has 0 aliphatic heterocycles. The van der Waals surface area contributed by atoms with Gasteiger partial charge in [0.1, 0.15) is 0 Å². The minimum atomic E-state index is -0.495. The van der Waals surface area contributed by atoms with Crippen LogP contribution in [0, 0.1) is 0 Å². The number of carbonyl (C=O) groups excluding carboxylic acids is 1. The first kappa shape index (κ1) is 11.8. The molecule has 4 nitrogen and oxygen atoms in total. The predicted octanol–water partition coefficient (Wildman–Crippen LogP) is 2.24. The smallest absolute Gasteiger partial charge is 0.411 e. The van der Waals surface area contributed by atoms with Gasteiger partial charge in [0.25, 0.3) is 0 Å². The summed E-state index contributed by atoms with van der Waals surface area (Å²) in [5, 5.41) is 3.12. The minimum Gasteiger partial charge on any atom is -0.449 e. The van der Waals surface area contributed by atoms with Gasteiger partial charge in [0.15, 0.2) is 0 Å². The average molecular weight is 229 g/mol. The van der Waals surface area contributed by atoms with Crippen LogP contribution >= 0.6 is 11.6 Å². The van der Waals surface area contributed by atoms with Crippen molar-refractivity contribution < 1.29 is 9.53 Å². The molecule has 1 rings (SSSR count). The average Bonchev–Trinajstić information content (AvgIpc) is 2.18. The van der Waals surface area contributed by atoms with E-state index in [0.717, 1.165) is 0 Å². The summed E-state index contributed by atoms with van der Waals surface area (Å²) in [6.45, 7) is 0.827. The number of hydrogen-bond acceptors (Lipinski definition) is 3. The van der Waals surface area contributed by atoms with Gasteiger partial charge in [0.2, 0.25) is 0 Å². The number of amides is 1. The molecule has 0 spiro atoms. The third-order valence-electron chi connectivity index (χ3n) is 1.65. The van der Waals surface area contributed by atoms with Crippen LogP contribution in [0.25, 0.3) is 0 Å². The molecule has 5 heteroatoms. The fourth-order valence-electron chi connectivity index (χ4n) is 0.968. The van der Waals surface area contributed by atoms with Gasteiger partial charge >= 0.3 is 6.09 Å². The maximum absolute atomic E-state index is 11.2. The van der Waals surface area contributed by atoms with E-state index in [-0.39, 0.29) is 0 Å². The molecule has 0 aliphatic rings. The van der Waals surface area contributed by atoms with Gasteiger partial charge in [-0.3, -0.25) is 5.32 Å². The highest BCUT2D eigenvalue weighted by molar-refractivity contribution is 6.30. The SMILES string of the molecule is NCCCOC(=O)Nc1cccc(Cl)c1. The lowest BCUT2D eigenvalue weighted by molar-refractivity contribution is 0.161. The first-order valence-electron chi connectivity index (χ1n) is 4.62. The van der Waals surface area contributed by atoms with Crippen molar-refractivity contribution in [1.29, 1.82) is 0 Å². The van der Waals surface area contributed by atoms with Crippen LogP contribution in [-0.2, 0) is 4.74 Å². The Balaban J connectivity index is 2.37. The maximum atomic E-state index is 11.2. The fourth-order valence-corrected chi connectivity index (χ4v) is 1.16. The Morgan fingerprint density at radius 2 is 2.33 bits per heavy atom. The molecule has 0 saturated heterocycles. The zero-order valence-electron chi connectivity index (χ0n) is 8.20. The van der Waals surface area contributed by atoms with E-state index in [1.54, 1.807) is 24.3 Å². The second-order valence-electron chi connectivity index (χ2n) is 2.91. The highest BCUT2D eigenvalue weighted by Gasteiger charge is 2.02. The van der Waals surface area contributed by atoms with E-state index in [4.69, 9.17) is 22.1 Å². The van der Waals surface area contributed by atoms with Crippen LogP contribution in [0.2, 0.25) is 5.02 Å². The Labute approximate surface area is 93.4 Å². The molecule has 0 unspecified atom stereocenters. The number of carbonyl (C=O) groups is 1. The van der Waals surface area contributed by atoms with Gasteiger partial charge in [-0.25, -0.2) is 4.79 Å². The predicted molar refractivity (Wildman–Crippen MR) is 60.1 cm³/mol. The Morgan fingerprint density at radius 3 is 3.00 bits per heavy atom. The highest BCUT2D eigenvalue weighted by atomic mass is 35.5. The van der Waals surface area contributed by atoms with Gasteiger partial charge in [-0.05, 0) is 31.2 Å². The summed E-state index contributed by atoms with van der Waals surface area (Å²) in [6.07, 6.45) is 0.161. The van der Waals surface area contributed by atoms with Crippen LogP contribution in [0.15, 0.2) is 24.3 Å². The molecule has 0 radical (unpaired) electrons. The zero-order chi connectivity index (χ0) is 11.1. The Morgan fingerprint density at radius 1 is 1.53 bits per heavy atom. The number of nitrogens with one attached hydrogen (secondary N) is 1. The normalized spacial score (nSPS) is 9.73. The van der Waals surface area contributed by atoms with Crippen LogP contribution in [0.3, 0.4) is 0 Å². The summed E-state index contributed by atoms with van der Waals surface area (Å²) in [5.74, 6) is 0. The topological polar surface area (TPSA) is 64.3 Å². The van der Waals surface area contributed by atoms with Crippen molar-refractivity contribution in [2.24, 2.45) is 5.73 Å². The van der Waals surface area contributed by atoms with Crippen molar-refractivity contribution in [1.82, 2.24) is 0 Å². The second-order valence-corrected chi connectivity index (χ2v) is 3.35. The summed E-state index contributed by atoms with van der Waals surface area (Å²) in [7, 11) is 0. The number of ether oxygens (including phenoxy) is 1. The molecule has 1 aromatic carbocycles. The van der Waals surface area contributed by atoms with E-state index in [1.165, 1.54) is 0 Å². The van der Waals surface area contributed by atoms with E-state index < -0.39 is 6.09 Å². The third kappa shape index (κ3) is 4.67. The summed E-state index contributed by atoms with van der Waals surface area (Å²) < 4.78 is 4.85. The molecular formula is C10H13ClN2O2. The van der Waals surface area contributed by atoms with Crippen LogP contribution in [-0.4, -0.2) is 19.2 Å². The van der Waals surface area contributed by atoms with Crippen molar-refractivity contribution in [2.75, 3.05) is 18.5 Å². The molecule has 0 atom stereocenters. The number of anilines is 1. The summed E-state index contributed by atoms with van der Waals surface area (Å²) >= 11 is 5.75. The summed E-state index contributed by atoms with van der Waals surface area (Å²) in [6, 6.07) is 6.85. The lowest BCUT2D eigenvalue weighted by Gasteiger charge is -2.06. The van der Waals surface area contributed by atoms with Crippen molar-refractivity contribution in [2.45, 2.75) is 6.42 Å². The summed E-state index contributed by atoms with van der Waals surface area (Å²) in [4.78, 5) is 11.2. The van der Waals surface area contributed by atoms with Crippen LogP contribution in [0.5, 0.6) is 0 Å². The number of benzene rings is 1.